The van der Waals surface area contributed by atoms with Gasteiger partial charge in [0.2, 0.25) is 11.8 Å². The first kappa shape index (κ1) is 18.6. The summed E-state index contributed by atoms with van der Waals surface area (Å²) in [5, 5.41) is 5.64. The van der Waals surface area contributed by atoms with Crippen molar-refractivity contribution in [3.05, 3.63) is 65.7 Å². The van der Waals surface area contributed by atoms with Gasteiger partial charge in [0.05, 0.1) is 25.1 Å². The Hall–Kier alpha value is -3.19. The van der Waals surface area contributed by atoms with Gasteiger partial charge in [-0.2, -0.15) is 0 Å². The minimum atomic E-state index is -0.406. The zero-order valence-corrected chi connectivity index (χ0v) is 15.4. The van der Waals surface area contributed by atoms with E-state index in [1.54, 1.807) is 24.3 Å². The molecular weight excluding hydrogens is 362 g/mol. The molecule has 0 fully saturated rings. The fraction of sp³-hybridized carbons (Fsp3) is 0.150. The lowest BCUT2D eigenvalue weighted by molar-refractivity contribution is -0.118. The van der Waals surface area contributed by atoms with Crippen molar-refractivity contribution < 1.29 is 14.3 Å². The van der Waals surface area contributed by atoms with E-state index in [-0.39, 0.29) is 25.4 Å². The number of benzene rings is 2. The molecule has 2 aromatic carbocycles. The first-order valence-electron chi connectivity index (χ1n) is 8.41. The van der Waals surface area contributed by atoms with Gasteiger partial charge >= 0.3 is 0 Å². The van der Waals surface area contributed by atoms with Crippen LogP contribution in [0.25, 0.3) is 10.6 Å². The van der Waals surface area contributed by atoms with E-state index in [1.807, 2.05) is 35.7 Å². The summed E-state index contributed by atoms with van der Waals surface area (Å²) in [4.78, 5) is 27.4. The van der Waals surface area contributed by atoms with Gasteiger partial charge in [-0.15, -0.1) is 11.3 Å². The predicted molar refractivity (Wildman–Crippen MR) is 106 cm³/mol. The molecule has 0 radical (unpaired) electrons. The van der Waals surface area contributed by atoms with Crippen molar-refractivity contribution in [1.82, 2.24) is 4.98 Å². The molecule has 0 aliphatic carbocycles. The van der Waals surface area contributed by atoms with Crippen LogP contribution in [0.1, 0.15) is 12.1 Å². The van der Waals surface area contributed by atoms with E-state index in [1.165, 1.54) is 11.3 Å². The Morgan fingerprint density at radius 2 is 1.81 bits per heavy atom. The lowest BCUT2D eigenvalue weighted by atomic mass is 10.2. The fourth-order valence-corrected chi connectivity index (χ4v) is 3.20. The lowest BCUT2D eigenvalue weighted by Crippen LogP contribution is -2.15. The third kappa shape index (κ3) is 5.65. The number of nitrogens with two attached hydrogens (primary N) is 1. The standard InChI is InChI=1S/C20H19N3O3S/c21-18(24)10-11-26-17-8-6-15(7-9-17)22-19(25)12-16-13-27-20(23-16)14-4-2-1-3-5-14/h1-9,13H,10-12H2,(H2,21,24)(H,22,25). The maximum atomic E-state index is 12.2. The van der Waals surface area contributed by atoms with Crippen LogP contribution >= 0.6 is 11.3 Å². The molecule has 3 rings (SSSR count). The van der Waals surface area contributed by atoms with E-state index >= 15 is 0 Å². The number of ether oxygens (including phenoxy) is 1. The number of amides is 2. The Balaban J connectivity index is 1.52. The van der Waals surface area contributed by atoms with E-state index in [9.17, 15) is 9.59 Å². The molecule has 1 heterocycles. The summed E-state index contributed by atoms with van der Waals surface area (Å²) in [6, 6.07) is 16.8. The van der Waals surface area contributed by atoms with Gasteiger partial charge in [-0.1, -0.05) is 30.3 Å². The highest BCUT2D eigenvalue weighted by molar-refractivity contribution is 7.13. The number of carbonyl (C=O) groups is 2. The number of aromatic nitrogens is 1. The second-order valence-corrected chi connectivity index (χ2v) is 6.68. The Morgan fingerprint density at radius 3 is 2.52 bits per heavy atom. The lowest BCUT2D eigenvalue weighted by Gasteiger charge is -2.07. The predicted octanol–water partition coefficient (Wildman–Crippen LogP) is 3.25. The van der Waals surface area contributed by atoms with Crippen LogP contribution in [0.2, 0.25) is 0 Å². The molecule has 3 aromatic rings. The van der Waals surface area contributed by atoms with Crippen LogP contribution in [0, 0.1) is 0 Å². The average molecular weight is 381 g/mol. The molecule has 0 spiro atoms. The van der Waals surface area contributed by atoms with E-state index in [4.69, 9.17) is 10.5 Å². The summed E-state index contributed by atoms with van der Waals surface area (Å²) in [5.74, 6) is 0.0694. The maximum Gasteiger partial charge on any atom is 0.230 e. The van der Waals surface area contributed by atoms with Gasteiger partial charge in [0.25, 0.3) is 0 Å². The van der Waals surface area contributed by atoms with Crippen LogP contribution in [0.4, 0.5) is 5.69 Å². The highest BCUT2D eigenvalue weighted by Gasteiger charge is 2.09. The van der Waals surface area contributed by atoms with Crippen molar-refractivity contribution in [1.29, 1.82) is 0 Å². The number of hydrogen-bond acceptors (Lipinski definition) is 5. The fourth-order valence-electron chi connectivity index (χ4n) is 2.38. The van der Waals surface area contributed by atoms with Gasteiger partial charge in [-0.3, -0.25) is 9.59 Å². The minimum absolute atomic E-state index is 0.137. The largest absolute Gasteiger partial charge is 0.493 e. The number of anilines is 1. The van der Waals surface area contributed by atoms with Crippen molar-refractivity contribution >= 4 is 28.8 Å². The van der Waals surface area contributed by atoms with E-state index in [0.717, 1.165) is 16.3 Å². The summed E-state index contributed by atoms with van der Waals surface area (Å²) < 4.78 is 5.40. The summed E-state index contributed by atoms with van der Waals surface area (Å²) in [6.45, 7) is 0.231. The molecule has 0 aliphatic heterocycles. The van der Waals surface area contributed by atoms with Crippen LogP contribution < -0.4 is 15.8 Å². The zero-order valence-electron chi connectivity index (χ0n) is 14.6. The molecule has 6 nitrogen and oxygen atoms in total. The van der Waals surface area contributed by atoms with Gasteiger partial charge in [-0.05, 0) is 24.3 Å². The molecule has 0 unspecified atom stereocenters. The van der Waals surface area contributed by atoms with Crippen LogP contribution in [-0.2, 0) is 16.0 Å². The van der Waals surface area contributed by atoms with Crippen LogP contribution in [0.15, 0.2) is 60.0 Å². The van der Waals surface area contributed by atoms with E-state index in [0.29, 0.717) is 11.4 Å². The Morgan fingerprint density at radius 1 is 1.07 bits per heavy atom. The minimum Gasteiger partial charge on any atom is -0.493 e. The molecular formula is C20H19N3O3S. The molecule has 3 N–H and O–H groups in total. The molecule has 0 saturated carbocycles. The van der Waals surface area contributed by atoms with Crippen LogP contribution in [0.5, 0.6) is 5.75 Å². The van der Waals surface area contributed by atoms with Gasteiger partial charge in [0.15, 0.2) is 0 Å². The SMILES string of the molecule is NC(=O)CCOc1ccc(NC(=O)Cc2csc(-c3ccccc3)n2)cc1. The number of hydrogen-bond donors (Lipinski definition) is 2. The van der Waals surface area contributed by atoms with Crippen LogP contribution in [0.3, 0.4) is 0 Å². The topological polar surface area (TPSA) is 94.3 Å². The summed E-state index contributed by atoms with van der Waals surface area (Å²) in [6.07, 6.45) is 0.372. The van der Waals surface area contributed by atoms with Gasteiger partial charge in [-0.25, -0.2) is 4.98 Å². The molecule has 0 aliphatic rings. The number of nitrogens with one attached hydrogen (secondary N) is 1. The van der Waals surface area contributed by atoms with E-state index < -0.39 is 5.91 Å². The molecule has 0 saturated heterocycles. The average Bonchev–Trinajstić information content (AvgIpc) is 3.12. The Kier molecular flexibility index (Phi) is 6.17. The molecule has 0 atom stereocenters. The number of thiazole rings is 1. The second kappa shape index (κ2) is 8.95. The molecule has 138 valence electrons. The van der Waals surface area contributed by atoms with Crippen molar-refractivity contribution in [3.8, 4) is 16.3 Å². The van der Waals surface area contributed by atoms with E-state index in [2.05, 4.69) is 10.3 Å². The number of rotatable bonds is 8. The van der Waals surface area contributed by atoms with Crippen molar-refractivity contribution in [2.24, 2.45) is 5.73 Å². The zero-order chi connectivity index (χ0) is 19.1. The van der Waals surface area contributed by atoms with Crippen molar-refractivity contribution in [2.75, 3.05) is 11.9 Å². The third-order valence-electron chi connectivity index (χ3n) is 3.67. The summed E-state index contributed by atoms with van der Waals surface area (Å²) in [7, 11) is 0. The highest BCUT2D eigenvalue weighted by Crippen LogP contribution is 2.23. The van der Waals surface area contributed by atoms with Crippen molar-refractivity contribution in [3.63, 3.8) is 0 Å². The first-order valence-corrected chi connectivity index (χ1v) is 9.29. The quantitative estimate of drug-likeness (QED) is 0.626. The van der Waals surface area contributed by atoms with Crippen LogP contribution in [-0.4, -0.2) is 23.4 Å². The van der Waals surface area contributed by atoms with Gasteiger partial charge < -0.3 is 15.8 Å². The summed E-state index contributed by atoms with van der Waals surface area (Å²) in [5.41, 5.74) is 7.51. The monoisotopic (exact) mass is 381 g/mol. The number of nitrogens with zero attached hydrogens (tertiary/aromatic N) is 1. The van der Waals surface area contributed by atoms with Gasteiger partial charge in [0, 0.05) is 16.6 Å². The second-order valence-electron chi connectivity index (χ2n) is 5.82. The first-order chi connectivity index (χ1) is 13.1. The third-order valence-corrected chi connectivity index (χ3v) is 4.61. The van der Waals surface area contributed by atoms with Crippen molar-refractivity contribution in [2.45, 2.75) is 12.8 Å². The summed E-state index contributed by atoms with van der Waals surface area (Å²) >= 11 is 1.52. The molecule has 27 heavy (non-hydrogen) atoms. The van der Waals surface area contributed by atoms with Gasteiger partial charge in [0.1, 0.15) is 10.8 Å². The Bertz CT molecular complexity index is 908. The number of primary amides is 1. The highest BCUT2D eigenvalue weighted by atomic mass is 32.1. The number of carbonyl (C=O) groups excluding carboxylic acids is 2. The molecule has 0 bridgehead atoms. The molecule has 2 amide bonds. The molecule has 1 aromatic heterocycles. The maximum absolute atomic E-state index is 12.2. The smallest absolute Gasteiger partial charge is 0.230 e. The molecule has 7 heteroatoms. The Labute approximate surface area is 161 Å². The normalized spacial score (nSPS) is 10.4.